The zero-order valence-electron chi connectivity index (χ0n) is 28.4. The Morgan fingerprint density at radius 2 is 1.82 bits per heavy atom. The Labute approximate surface area is 271 Å². The highest BCUT2D eigenvalue weighted by Crippen LogP contribution is 2.58. The summed E-state index contributed by atoms with van der Waals surface area (Å²) in [6.45, 7) is 12.8. The molecule has 1 aromatic carbocycles. The van der Waals surface area contributed by atoms with Gasteiger partial charge in [-0.1, -0.05) is 70.0 Å². The van der Waals surface area contributed by atoms with Gasteiger partial charge in [-0.15, -0.1) is 0 Å². The van der Waals surface area contributed by atoms with Gasteiger partial charge in [0.05, 0.1) is 24.0 Å². The summed E-state index contributed by atoms with van der Waals surface area (Å²) in [4.78, 5) is 15.6. The number of likely N-dealkylation sites (tertiary alicyclic amines) is 1. The number of nitrogens with one attached hydrogen (secondary N) is 1. The van der Waals surface area contributed by atoms with Crippen LogP contribution in [0.3, 0.4) is 0 Å². The van der Waals surface area contributed by atoms with Gasteiger partial charge < -0.3 is 14.4 Å². The zero-order chi connectivity index (χ0) is 32.1. The third-order valence-electron chi connectivity index (χ3n) is 13.1. The summed E-state index contributed by atoms with van der Waals surface area (Å²) in [5.74, 6) is 2.16. The van der Waals surface area contributed by atoms with Crippen LogP contribution in [0, 0.1) is 35.0 Å². The molecule has 6 rings (SSSR count). The molecule has 3 aliphatic carbocycles. The number of piperidine rings is 1. The average Bonchev–Trinajstić information content (AvgIpc) is 3.29. The second-order valence-electron chi connectivity index (χ2n) is 15.8. The van der Waals surface area contributed by atoms with Gasteiger partial charge in [-0.2, -0.15) is 0 Å². The first-order valence-corrected chi connectivity index (χ1v) is 19.5. The molecule has 1 aromatic rings. The lowest BCUT2D eigenvalue weighted by molar-refractivity contribution is -0.0637. The molecular weight excluding hydrogens is 584 g/mol. The van der Waals surface area contributed by atoms with Crippen LogP contribution >= 0.6 is 0 Å². The number of carbonyl (C=O) groups excluding carboxylic acids is 1. The van der Waals surface area contributed by atoms with Crippen molar-refractivity contribution in [3.05, 3.63) is 47.0 Å². The number of rotatable bonds is 4. The van der Waals surface area contributed by atoms with Crippen LogP contribution in [0.2, 0.25) is 0 Å². The number of carbonyl (C=O) groups is 1. The lowest BCUT2D eigenvalue weighted by atomic mass is 9.58. The van der Waals surface area contributed by atoms with E-state index in [0.29, 0.717) is 30.2 Å². The monoisotopic (exact) mass is 640 g/mol. The topological polar surface area (TPSA) is 84.9 Å². The third kappa shape index (κ3) is 6.37. The van der Waals surface area contributed by atoms with Crippen molar-refractivity contribution in [2.24, 2.45) is 35.0 Å². The molecule has 2 aliphatic heterocycles. The van der Waals surface area contributed by atoms with E-state index in [-0.39, 0.29) is 47.8 Å². The van der Waals surface area contributed by atoms with Crippen LogP contribution in [0.4, 0.5) is 4.79 Å². The molecule has 4 fully saturated rings. The maximum Gasteiger partial charge on any atom is 0.410 e. The summed E-state index contributed by atoms with van der Waals surface area (Å²) in [7, 11) is -3.20. The summed E-state index contributed by atoms with van der Waals surface area (Å²) in [6, 6.07) is 10.0. The first kappa shape index (κ1) is 33.0. The minimum Gasteiger partial charge on any atom is -0.445 e. The van der Waals surface area contributed by atoms with E-state index in [1.807, 2.05) is 35.2 Å². The first-order valence-electron chi connectivity index (χ1n) is 17.6. The minimum absolute atomic E-state index is 0.0184. The Balaban J connectivity index is 1.24. The van der Waals surface area contributed by atoms with Crippen LogP contribution in [0.5, 0.6) is 0 Å². The van der Waals surface area contributed by atoms with Crippen LogP contribution in [-0.4, -0.2) is 56.0 Å². The number of benzene rings is 1. The average molecular weight is 641 g/mol. The van der Waals surface area contributed by atoms with Gasteiger partial charge in [0.1, 0.15) is 6.61 Å². The second kappa shape index (κ2) is 12.6. The standard InChI is InChI=1S/C37H56N2O5S/c1-24-19-33-34(39(22-24)35(40)43-23-28-11-8-7-9-12-28)27(4)37(44-33)18-15-29-13-10-14-30-21-31(38-45(6,41)42)16-17-36(30,5)25(2)20-32(29)26(37)3/h7-9,11-12,24-25,27,29-31,33-34,38H,10,13-23H2,1-6H3/t24-,25+,27+,29+,30+,31+,33+,34-,36+,37-/m0/s1. The smallest absolute Gasteiger partial charge is 0.410 e. The van der Waals surface area contributed by atoms with Crippen molar-refractivity contribution in [2.75, 3.05) is 12.8 Å². The van der Waals surface area contributed by atoms with E-state index in [1.54, 1.807) is 5.57 Å². The molecule has 1 amide bonds. The van der Waals surface area contributed by atoms with Crippen LogP contribution in [-0.2, 0) is 26.1 Å². The van der Waals surface area contributed by atoms with E-state index in [9.17, 15) is 13.2 Å². The summed E-state index contributed by atoms with van der Waals surface area (Å²) in [5, 5.41) is 0. The van der Waals surface area contributed by atoms with Gasteiger partial charge in [-0.3, -0.25) is 0 Å². The van der Waals surface area contributed by atoms with Crippen molar-refractivity contribution in [1.29, 1.82) is 0 Å². The molecule has 5 aliphatic rings. The molecular formula is C37H56N2O5S. The van der Waals surface area contributed by atoms with Gasteiger partial charge in [0.2, 0.25) is 10.0 Å². The van der Waals surface area contributed by atoms with Crippen molar-refractivity contribution in [1.82, 2.24) is 9.62 Å². The van der Waals surface area contributed by atoms with E-state index >= 15 is 0 Å². The van der Waals surface area contributed by atoms with Crippen molar-refractivity contribution >= 4 is 16.1 Å². The molecule has 45 heavy (non-hydrogen) atoms. The van der Waals surface area contributed by atoms with Crippen molar-refractivity contribution in [3.63, 3.8) is 0 Å². The highest BCUT2D eigenvalue weighted by Gasteiger charge is 2.60. The van der Waals surface area contributed by atoms with Gasteiger partial charge in [0.15, 0.2) is 0 Å². The Hall–Kier alpha value is -1.90. The van der Waals surface area contributed by atoms with Gasteiger partial charge >= 0.3 is 6.09 Å². The molecule has 2 saturated carbocycles. The number of nitrogens with zero attached hydrogens (tertiary/aromatic N) is 1. The van der Waals surface area contributed by atoms with E-state index in [0.717, 1.165) is 50.5 Å². The van der Waals surface area contributed by atoms with Crippen molar-refractivity contribution in [2.45, 2.75) is 129 Å². The number of fused-ring (bicyclic) bond motifs is 3. The van der Waals surface area contributed by atoms with Gasteiger partial charge in [-0.25, -0.2) is 17.9 Å². The fraction of sp³-hybridized carbons (Fsp3) is 0.757. The Morgan fingerprint density at radius 1 is 1.07 bits per heavy atom. The van der Waals surface area contributed by atoms with Crippen LogP contribution in [0.25, 0.3) is 0 Å². The van der Waals surface area contributed by atoms with Gasteiger partial charge in [0, 0.05) is 18.5 Å². The first-order chi connectivity index (χ1) is 21.3. The Morgan fingerprint density at radius 3 is 2.56 bits per heavy atom. The molecule has 2 heterocycles. The van der Waals surface area contributed by atoms with Crippen LogP contribution < -0.4 is 4.72 Å². The van der Waals surface area contributed by atoms with E-state index < -0.39 is 10.0 Å². The summed E-state index contributed by atoms with van der Waals surface area (Å²) in [5.41, 5.74) is 3.90. The van der Waals surface area contributed by atoms with Crippen molar-refractivity contribution < 1.29 is 22.7 Å². The van der Waals surface area contributed by atoms with Gasteiger partial charge in [-0.05, 0) is 105 Å². The Kier molecular flexibility index (Phi) is 9.25. The maximum absolute atomic E-state index is 13.6. The van der Waals surface area contributed by atoms with E-state index in [4.69, 9.17) is 9.47 Å². The lowest BCUT2D eigenvalue weighted by Gasteiger charge is -2.49. The van der Waals surface area contributed by atoms with Crippen molar-refractivity contribution in [3.8, 4) is 0 Å². The molecule has 1 spiro atoms. The quantitative estimate of drug-likeness (QED) is 0.345. The fourth-order valence-corrected chi connectivity index (χ4v) is 11.2. The normalized spacial score (nSPS) is 40.5. The summed E-state index contributed by atoms with van der Waals surface area (Å²) >= 11 is 0. The maximum atomic E-state index is 13.6. The number of allylic oxidation sites excluding steroid dienone is 1. The Bertz CT molecular complexity index is 1380. The predicted molar refractivity (Wildman–Crippen MR) is 178 cm³/mol. The highest BCUT2D eigenvalue weighted by atomic mass is 32.2. The molecule has 8 heteroatoms. The molecule has 1 N–H and O–H groups in total. The van der Waals surface area contributed by atoms with Crippen LogP contribution in [0.1, 0.15) is 104 Å². The number of hydrogen-bond acceptors (Lipinski definition) is 5. The van der Waals surface area contributed by atoms with E-state index in [1.165, 1.54) is 31.1 Å². The van der Waals surface area contributed by atoms with E-state index in [2.05, 4.69) is 39.3 Å². The highest BCUT2D eigenvalue weighted by molar-refractivity contribution is 7.88. The zero-order valence-corrected chi connectivity index (χ0v) is 29.2. The molecule has 0 aromatic heterocycles. The molecule has 0 unspecified atom stereocenters. The second-order valence-corrected chi connectivity index (χ2v) is 17.6. The lowest BCUT2D eigenvalue weighted by Crippen LogP contribution is -2.54. The number of hydrogen-bond donors (Lipinski definition) is 1. The number of sulfonamides is 1. The number of ether oxygens (including phenoxy) is 2. The molecule has 250 valence electrons. The largest absolute Gasteiger partial charge is 0.445 e. The van der Waals surface area contributed by atoms with Gasteiger partial charge in [0.25, 0.3) is 0 Å². The summed E-state index contributed by atoms with van der Waals surface area (Å²) in [6.07, 6.45) is 11.8. The molecule has 2 saturated heterocycles. The molecule has 7 nitrogen and oxygen atoms in total. The summed E-state index contributed by atoms with van der Waals surface area (Å²) < 4.78 is 40.2. The molecule has 10 atom stereocenters. The fourth-order valence-electron chi connectivity index (χ4n) is 10.4. The SMILES string of the molecule is CC1=C2C[C@@H](C)[C@@]3(C)CC[C@@H](NS(C)(=O)=O)C[C@H]3CCC[C@@H]2CC[C@]12O[C@@H]1C[C@H](C)CN(C(=O)OCc3ccccc3)[C@H]1[C@H]2C. The predicted octanol–water partition coefficient (Wildman–Crippen LogP) is 7.47. The molecule has 0 bridgehead atoms. The number of amides is 1. The third-order valence-corrected chi connectivity index (χ3v) is 13.8. The minimum atomic E-state index is -3.20. The van der Waals surface area contributed by atoms with Crippen LogP contribution in [0.15, 0.2) is 41.5 Å². The molecule has 0 radical (unpaired) electrons.